The monoisotopic (exact) mass is 496 g/mol. The highest BCUT2D eigenvalue weighted by atomic mass is 32.2. The van der Waals surface area contributed by atoms with Crippen LogP contribution in [0, 0.1) is 0 Å². The van der Waals surface area contributed by atoms with E-state index >= 15 is 0 Å². The van der Waals surface area contributed by atoms with Crippen molar-refractivity contribution in [1.82, 2.24) is 14.8 Å². The summed E-state index contributed by atoms with van der Waals surface area (Å²) in [6, 6.07) is 13.4. The summed E-state index contributed by atoms with van der Waals surface area (Å²) in [6.07, 6.45) is 3.76. The first kappa shape index (κ1) is 23.5. The third-order valence-electron chi connectivity index (χ3n) is 6.47. The molecule has 1 amide bonds. The minimum atomic E-state index is -0.130. The number of thioether (sulfide) groups is 1. The van der Waals surface area contributed by atoms with Crippen molar-refractivity contribution in [2.45, 2.75) is 37.4 Å². The van der Waals surface area contributed by atoms with Crippen LogP contribution in [0.4, 0.5) is 5.69 Å². The second kappa shape index (κ2) is 10.6. The van der Waals surface area contributed by atoms with Gasteiger partial charge in [-0.25, -0.2) is 0 Å². The van der Waals surface area contributed by atoms with Gasteiger partial charge in [0, 0.05) is 17.4 Å². The number of hydrogen-bond donors (Lipinski definition) is 2. The van der Waals surface area contributed by atoms with Crippen LogP contribution in [0.5, 0.6) is 17.2 Å². The molecule has 3 aromatic rings. The first-order valence-corrected chi connectivity index (χ1v) is 12.9. The number of hydrogen-bond acceptors (Lipinski definition) is 7. The number of nitrogens with one attached hydrogen (secondary N) is 2. The van der Waals surface area contributed by atoms with Crippen molar-refractivity contribution in [1.29, 1.82) is 0 Å². The van der Waals surface area contributed by atoms with E-state index < -0.39 is 0 Å². The maximum absolute atomic E-state index is 12.7. The zero-order valence-corrected chi connectivity index (χ0v) is 20.8. The van der Waals surface area contributed by atoms with E-state index in [2.05, 4.69) is 27.0 Å². The van der Waals surface area contributed by atoms with E-state index in [4.69, 9.17) is 14.2 Å². The van der Waals surface area contributed by atoms with Crippen LogP contribution in [0.25, 0.3) is 5.69 Å². The highest BCUT2D eigenvalue weighted by Gasteiger charge is 2.29. The van der Waals surface area contributed by atoms with Crippen molar-refractivity contribution in [2.75, 3.05) is 38.1 Å². The first-order chi connectivity index (χ1) is 17.1. The third kappa shape index (κ3) is 5.23. The molecular formula is C25H30N5O4S+. The minimum Gasteiger partial charge on any atom is -0.497 e. The smallest absolute Gasteiger partial charge is 0.234 e. The number of fused-ring (bicyclic) bond motifs is 1. The summed E-state index contributed by atoms with van der Waals surface area (Å²) in [6.45, 7) is 4.68. The largest absolute Gasteiger partial charge is 0.497 e. The second-order valence-corrected chi connectivity index (χ2v) is 9.66. The Morgan fingerprint density at radius 2 is 1.89 bits per heavy atom. The Bertz CT molecular complexity index is 1180. The van der Waals surface area contributed by atoms with Gasteiger partial charge in [-0.05, 0) is 62.6 Å². The number of quaternary nitrogens is 1. The number of carbonyl (C=O) groups excluding carboxylic acids is 1. The van der Waals surface area contributed by atoms with E-state index in [0.717, 1.165) is 30.4 Å². The average Bonchev–Trinajstić information content (AvgIpc) is 3.54. The van der Waals surface area contributed by atoms with Crippen molar-refractivity contribution >= 4 is 23.4 Å². The standard InChI is InChI=1S/C25H29N5O4S/c1-17(29-12-4-3-5-13-29)24-27-28-25(30(24)19-7-9-20(32-2)10-8-19)35-15-23(31)26-18-6-11-21-22(14-18)34-16-33-21/h6-11,14,17H,3-5,12-13,15-16H2,1-2H3,(H,26,31)/p+1/t17-/m1/s1. The molecule has 2 N–H and O–H groups in total. The normalized spacial score (nSPS) is 16.2. The van der Waals surface area contributed by atoms with E-state index in [1.54, 1.807) is 25.3 Å². The fourth-order valence-electron chi connectivity index (χ4n) is 4.55. The lowest BCUT2D eigenvalue weighted by Gasteiger charge is -2.29. The van der Waals surface area contributed by atoms with Gasteiger partial charge < -0.3 is 24.4 Å². The van der Waals surface area contributed by atoms with Crippen LogP contribution in [-0.4, -0.2) is 53.4 Å². The molecule has 9 nitrogen and oxygen atoms in total. The number of anilines is 1. The van der Waals surface area contributed by atoms with E-state index in [-0.39, 0.29) is 24.5 Å². The number of aromatic nitrogens is 3. The Labute approximate surface area is 208 Å². The zero-order chi connectivity index (χ0) is 24.2. The lowest BCUT2D eigenvalue weighted by atomic mass is 10.1. The molecule has 0 spiro atoms. The van der Waals surface area contributed by atoms with Crippen molar-refractivity contribution in [3.05, 3.63) is 48.3 Å². The van der Waals surface area contributed by atoms with Gasteiger partial charge in [0.05, 0.1) is 26.0 Å². The predicted octanol–water partition coefficient (Wildman–Crippen LogP) is 2.87. The van der Waals surface area contributed by atoms with Gasteiger partial charge in [-0.15, -0.1) is 10.2 Å². The Morgan fingerprint density at radius 3 is 2.66 bits per heavy atom. The van der Waals surface area contributed by atoms with Gasteiger partial charge in [0.2, 0.25) is 12.7 Å². The highest BCUT2D eigenvalue weighted by molar-refractivity contribution is 7.99. The summed E-state index contributed by atoms with van der Waals surface area (Å²) < 4.78 is 18.1. The molecule has 184 valence electrons. The molecule has 35 heavy (non-hydrogen) atoms. The molecule has 5 rings (SSSR count). The number of nitrogens with zero attached hydrogens (tertiary/aromatic N) is 3. The number of benzene rings is 2. The van der Waals surface area contributed by atoms with E-state index in [0.29, 0.717) is 22.3 Å². The molecule has 0 aliphatic carbocycles. The molecule has 0 radical (unpaired) electrons. The Morgan fingerprint density at radius 1 is 1.11 bits per heavy atom. The van der Waals surface area contributed by atoms with E-state index in [1.807, 2.05) is 24.3 Å². The molecule has 0 saturated carbocycles. The summed E-state index contributed by atoms with van der Waals surface area (Å²) in [5.74, 6) is 3.08. The quantitative estimate of drug-likeness (QED) is 0.464. The van der Waals surface area contributed by atoms with Gasteiger partial charge in [-0.3, -0.25) is 9.36 Å². The van der Waals surface area contributed by atoms with Crippen molar-refractivity contribution < 1.29 is 23.9 Å². The SMILES string of the molecule is COc1ccc(-n2c(SCC(=O)Nc3ccc4c(c3)OCO4)nnc2[C@@H](C)[NH+]2CCCCC2)cc1. The van der Waals surface area contributed by atoms with Crippen LogP contribution < -0.4 is 24.4 Å². The number of rotatable bonds is 8. The molecule has 3 heterocycles. The molecule has 2 aliphatic rings. The number of carbonyl (C=O) groups is 1. The first-order valence-electron chi connectivity index (χ1n) is 11.9. The summed E-state index contributed by atoms with van der Waals surface area (Å²) in [7, 11) is 1.65. The predicted molar refractivity (Wildman–Crippen MR) is 133 cm³/mol. The number of likely N-dealkylation sites (tertiary alicyclic amines) is 1. The number of piperidine rings is 1. The third-order valence-corrected chi connectivity index (χ3v) is 7.40. The van der Waals surface area contributed by atoms with Gasteiger partial charge in [0.15, 0.2) is 22.5 Å². The summed E-state index contributed by atoms with van der Waals surface area (Å²) >= 11 is 1.37. The summed E-state index contributed by atoms with van der Waals surface area (Å²) in [4.78, 5) is 14.2. The van der Waals surface area contributed by atoms with Crippen LogP contribution in [0.3, 0.4) is 0 Å². The van der Waals surface area contributed by atoms with Crippen molar-refractivity contribution in [3.63, 3.8) is 0 Å². The average molecular weight is 497 g/mol. The minimum absolute atomic E-state index is 0.130. The zero-order valence-electron chi connectivity index (χ0n) is 20.0. The van der Waals surface area contributed by atoms with E-state index in [9.17, 15) is 4.79 Å². The molecule has 1 fully saturated rings. The molecule has 2 aromatic carbocycles. The molecule has 1 saturated heterocycles. The van der Waals surface area contributed by atoms with Crippen molar-refractivity contribution in [3.8, 4) is 22.9 Å². The van der Waals surface area contributed by atoms with Gasteiger partial charge in [0.25, 0.3) is 0 Å². The van der Waals surface area contributed by atoms with Crippen LogP contribution in [-0.2, 0) is 4.79 Å². The molecule has 0 bridgehead atoms. The molecule has 10 heteroatoms. The Kier molecular flexibility index (Phi) is 7.10. The fourth-order valence-corrected chi connectivity index (χ4v) is 5.31. The number of ether oxygens (including phenoxy) is 3. The molecule has 1 atom stereocenters. The molecule has 1 aromatic heterocycles. The van der Waals surface area contributed by atoms with Gasteiger partial charge in [0.1, 0.15) is 11.8 Å². The van der Waals surface area contributed by atoms with Gasteiger partial charge in [-0.1, -0.05) is 11.8 Å². The van der Waals surface area contributed by atoms with Gasteiger partial charge >= 0.3 is 0 Å². The maximum atomic E-state index is 12.7. The highest BCUT2D eigenvalue weighted by Crippen LogP contribution is 2.34. The van der Waals surface area contributed by atoms with Crippen LogP contribution in [0.1, 0.15) is 38.1 Å². The van der Waals surface area contributed by atoms with Crippen LogP contribution in [0.2, 0.25) is 0 Å². The summed E-state index contributed by atoms with van der Waals surface area (Å²) in [5.41, 5.74) is 1.62. The second-order valence-electron chi connectivity index (χ2n) is 8.72. The van der Waals surface area contributed by atoms with E-state index in [1.165, 1.54) is 35.9 Å². The molecule has 2 aliphatic heterocycles. The Balaban J connectivity index is 1.34. The number of methoxy groups -OCH3 is 1. The maximum Gasteiger partial charge on any atom is 0.234 e. The van der Waals surface area contributed by atoms with Crippen molar-refractivity contribution in [2.24, 2.45) is 0 Å². The lowest BCUT2D eigenvalue weighted by molar-refractivity contribution is -0.935. The molecule has 0 unspecified atom stereocenters. The van der Waals surface area contributed by atoms with Crippen LogP contribution in [0.15, 0.2) is 47.6 Å². The lowest BCUT2D eigenvalue weighted by Crippen LogP contribution is -3.12. The van der Waals surface area contributed by atoms with Gasteiger partial charge in [-0.2, -0.15) is 0 Å². The number of amides is 1. The fraction of sp³-hybridized carbons (Fsp3) is 0.400. The van der Waals surface area contributed by atoms with Crippen LogP contribution >= 0.6 is 11.8 Å². The topological polar surface area (TPSA) is 91.9 Å². The summed E-state index contributed by atoms with van der Waals surface area (Å²) in [5, 5.41) is 12.7. The Hall–Kier alpha value is -3.24. The molecular weight excluding hydrogens is 466 g/mol.